The minimum absolute atomic E-state index is 0.348. The molecular weight excluding hydrogens is 334 g/mol. The third-order valence-corrected chi connectivity index (χ3v) is 4.47. The van der Waals surface area contributed by atoms with Crippen LogP contribution < -0.4 is 11.3 Å². The van der Waals surface area contributed by atoms with E-state index < -0.39 is 0 Å². The Morgan fingerprint density at radius 2 is 2.39 bits per heavy atom. The number of aromatic nitrogens is 1. The van der Waals surface area contributed by atoms with Gasteiger partial charge < -0.3 is 0 Å². The Hall–Kier alpha value is -0.890. The number of hydrazine groups is 1. The number of hydrogen-bond acceptors (Lipinski definition) is 5. The topological polar surface area (TPSA) is 68.0 Å². The van der Waals surface area contributed by atoms with Crippen molar-refractivity contribution in [3.05, 3.63) is 44.8 Å². The molecule has 0 radical (unpaired) electrons. The summed E-state index contributed by atoms with van der Waals surface area (Å²) in [5.41, 5.74) is 2.95. The first-order valence-electron chi connectivity index (χ1n) is 5.03. The lowest BCUT2D eigenvalue weighted by Gasteiger charge is -1.99. The van der Waals surface area contributed by atoms with Crippen LogP contribution in [0, 0.1) is 0 Å². The van der Waals surface area contributed by atoms with E-state index in [9.17, 15) is 4.79 Å². The molecule has 0 spiro atoms. The van der Waals surface area contributed by atoms with Gasteiger partial charge in [0, 0.05) is 20.5 Å². The van der Waals surface area contributed by atoms with Crippen LogP contribution in [0.1, 0.15) is 15.5 Å². The first-order chi connectivity index (χ1) is 8.69. The fraction of sp³-hybridized carbons (Fsp3) is 0.0909. The van der Waals surface area contributed by atoms with Crippen LogP contribution in [0.25, 0.3) is 0 Å². The van der Waals surface area contributed by atoms with Gasteiger partial charge in [0.1, 0.15) is 0 Å². The van der Waals surface area contributed by atoms with Crippen molar-refractivity contribution >= 4 is 44.9 Å². The van der Waals surface area contributed by atoms with Crippen molar-refractivity contribution in [2.75, 3.05) is 0 Å². The van der Waals surface area contributed by atoms with E-state index in [1.54, 1.807) is 11.8 Å². The molecule has 0 fully saturated rings. The molecule has 94 valence electrons. The largest absolute Gasteiger partial charge is 0.294 e. The van der Waals surface area contributed by atoms with E-state index in [0.717, 1.165) is 20.8 Å². The van der Waals surface area contributed by atoms with Crippen molar-refractivity contribution in [3.8, 4) is 0 Å². The Balaban J connectivity index is 1.98. The van der Waals surface area contributed by atoms with E-state index in [-0.39, 0.29) is 5.91 Å². The second-order valence-corrected chi connectivity index (χ2v) is 6.19. The fourth-order valence-electron chi connectivity index (χ4n) is 1.25. The Morgan fingerprint density at radius 1 is 1.56 bits per heavy atom. The van der Waals surface area contributed by atoms with Gasteiger partial charge in [0.15, 0.2) is 5.01 Å². The molecule has 2 aromatic rings. The summed E-state index contributed by atoms with van der Waals surface area (Å²) in [5.74, 6) is 5.43. The molecule has 0 atom stereocenters. The van der Waals surface area contributed by atoms with E-state index >= 15 is 0 Å². The van der Waals surface area contributed by atoms with Crippen LogP contribution >= 0.6 is 39.0 Å². The number of nitrogens with two attached hydrogens (primary N) is 1. The van der Waals surface area contributed by atoms with Crippen molar-refractivity contribution in [2.45, 2.75) is 10.6 Å². The number of halogens is 1. The summed E-state index contributed by atoms with van der Waals surface area (Å²) in [4.78, 5) is 16.6. The highest BCUT2D eigenvalue weighted by Crippen LogP contribution is 2.25. The zero-order valence-electron chi connectivity index (χ0n) is 9.22. The van der Waals surface area contributed by atoms with Crippen LogP contribution in [-0.2, 0) is 5.75 Å². The Labute approximate surface area is 121 Å². The van der Waals surface area contributed by atoms with E-state index in [2.05, 4.69) is 26.3 Å². The van der Waals surface area contributed by atoms with Crippen LogP contribution in [0.3, 0.4) is 0 Å². The van der Waals surface area contributed by atoms with Gasteiger partial charge in [-0.25, -0.2) is 10.8 Å². The fourth-order valence-corrected chi connectivity index (χ4v) is 3.48. The summed E-state index contributed by atoms with van der Waals surface area (Å²) in [6, 6.07) is 8.05. The van der Waals surface area contributed by atoms with Crippen molar-refractivity contribution in [2.24, 2.45) is 5.84 Å². The molecular formula is C11H10BrN3OS2. The number of carbonyl (C=O) groups is 1. The first-order valence-corrected chi connectivity index (χ1v) is 7.68. The highest BCUT2D eigenvalue weighted by atomic mass is 79.9. The van der Waals surface area contributed by atoms with Crippen LogP contribution in [0.4, 0.5) is 0 Å². The molecule has 1 aromatic carbocycles. The molecule has 0 aliphatic rings. The molecule has 0 unspecified atom stereocenters. The van der Waals surface area contributed by atoms with Gasteiger partial charge in [-0.15, -0.1) is 23.1 Å². The molecule has 0 bridgehead atoms. The number of benzene rings is 1. The number of thioether (sulfide) groups is 1. The van der Waals surface area contributed by atoms with Gasteiger partial charge in [0.2, 0.25) is 0 Å². The minimum Gasteiger partial charge on any atom is -0.288 e. The maximum absolute atomic E-state index is 11.2. The molecule has 4 nitrogen and oxygen atoms in total. The van der Waals surface area contributed by atoms with E-state index in [1.807, 2.05) is 29.6 Å². The lowest BCUT2D eigenvalue weighted by molar-refractivity contribution is 0.0953. The van der Waals surface area contributed by atoms with Crippen LogP contribution in [0.15, 0.2) is 39.0 Å². The third-order valence-electron chi connectivity index (χ3n) is 2.06. The van der Waals surface area contributed by atoms with Crippen LogP contribution in [-0.4, -0.2) is 10.9 Å². The average molecular weight is 344 g/mol. The SMILES string of the molecule is NNC(=O)c1nc(CSc2cccc(Br)c2)cs1. The summed E-state index contributed by atoms with van der Waals surface area (Å²) in [5, 5.41) is 2.26. The molecule has 0 saturated heterocycles. The first kappa shape index (κ1) is 13.5. The second-order valence-electron chi connectivity index (χ2n) is 3.36. The highest BCUT2D eigenvalue weighted by Gasteiger charge is 2.09. The third kappa shape index (κ3) is 3.55. The standard InChI is InChI=1S/C11H10BrN3OS2/c12-7-2-1-3-9(4-7)17-5-8-6-18-11(14-8)10(16)15-13/h1-4,6H,5,13H2,(H,15,16). The number of nitrogens with one attached hydrogen (secondary N) is 1. The summed E-state index contributed by atoms with van der Waals surface area (Å²) < 4.78 is 1.05. The van der Waals surface area contributed by atoms with Gasteiger partial charge in [0.25, 0.3) is 5.91 Å². The van der Waals surface area contributed by atoms with Crippen molar-refractivity contribution in [1.82, 2.24) is 10.4 Å². The van der Waals surface area contributed by atoms with Crippen LogP contribution in [0.5, 0.6) is 0 Å². The molecule has 1 aromatic heterocycles. The molecule has 1 amide bonds. The van der Waals surface area contributed by atoms with Crippen molar-refractivity contribution in [3.63, 3.8) is 0 Å². The number of nitrogen functional groups attached to an aromatic ring is 1. The Morgan fingerprint density at radius 3 is 3.11 bits per heavy atom. The molecule has 0 aliphatic heterocycles. The monoisotopic (exact) mass is 343 g/mol. The minimum atomic E-state index is -0.348. The molecule has 3 N–H and O–H groups in total. The van der Waals surface area contributed by atoms with Gasteiger partial charge in [-0.05, 0) is 18.2 Å². The molecule has 0 saturated carbocycles. The van der Waals surface area contributed by atoms with E-state index in [1.165, 1.54) is 11.3 Å². The van der Waals surface area contributed by atoms with Gasteiger partial charge in [-0.3, -0.25) is 10.2 Å². The number of carbonyl (C=O) groups excluding carboxylic acids is 1. The van der Waals surface area contributed by atoms with Crippen LogP contribution in [0.2, 0.25) is 0 Å². The quantitative estimate of drug-likeness (QED) is 0.387. The number of amides is 1. The maximum atomic E-state index is 11.2. The number of thiazole rings is 1. The van der Waals surface area contributed by atoms with E-state index in [0.29, 0.717) is 5.01 Å². The zero-order chi connectivity index (χ0) is 13.0. The number of rotatable bonds is 4. The van der Waals surface area contributed by atoms with Gasteiger partial charge >= 0.3 is 0 Å². The number of nitrogens with zero attached hydrogens (tertiary/aromatic N) is 1. The molecule has 7 heteroatoms. The second kappa shape index (κ2) is 6.33. The van der Waals surface area contributed by atoms with Gasteiger partial charge in [-0.1, -0.05) is 22.0 Å². The summed E-state index contributed by atoms with van der Waals surface area (Å²) in [7, 11) is 0. The maximum Gasteiger partial charge on any atom is 0.294 e. The lowest BCUT2D eigenvalue weighted by atomic mass is 10.4. The zero-order valence-corrected chi connectivity index (χ0v) is 12.4. The predicted molar refractivity (Wildman–Crippen MR) is 77.5 cm³/mol. The van der Waals surface area contributed by atoms with Gasteiger partial charge in [-0.2, -0.15) is 0 Å². The van der Waals surface area contributed by atoms with Crippen molar-refractivity contribution in [1.29, 1.82) is 0 Å². The predicted octanol–water partition coefficient (Wildman–Crippen LogP) is 2.80. The summed E-state index contributed by atoms with van der Waals surface area (Å²) in [6.07, 6.45) is 0. The molecule has 2 rings (SSSR count). The molecule has 0 aliphatic carbocycles. The number of hydrogen-bond donors (Lipinski definition) is 2. The summed E-state index contributed by atoms with van der Waals surface area (Å²) >= 11 is 6.39. The molecule has 1 heterocycles. The van der Waals surface area contributed by atoms with E-state index in [4.69, 9.17) is 5.84 Å². The Kier molecular flexibility index (Phi) is 4.76. The normalized spacial score (nSPS) is 10.3. The Bertz CT molecular complexity index is 559. The van der Waals surface area contributed by atoms with Crippen molar-refractivity contribution < 1.29 is 4.79 Å². The highest BCUT2D eigenvalue weighted by molar-refractivity contribution is 9.10. The smallest absolute Gasteiger partial charge is 0.288 e. The average Bonchev–Trinajstić information content (AvgIpc) is 2.84. The molecule has 18 heavy (non-hydrogen) atoms. The lowest BCUT2D eigenvalue weighted by Crippen LogP contribution is -2.29. The summed E-state index contributed by atoms with van der Waals surface area (Å²) in [6.45, 7) is 0. The van der Waals surface area contributed by atoms with Gasteiger partial charge in [0.05, 0.1) is 5.69 Å².